The molecule has 1 aromatic heterocycles. The predicted octanol–water partition coefficient (Wildman–Crippen LogP) is 1.28. The van der Waals surface area contributed by atoms with Crippen molar-refractivity contribution in [1.82, 2.24) is 25.6 Å². The highest BCUT2D eigenvalue weighted by molar-refractivity contribution is 5.91. The van der Waals surface area contributed by atoms with Crippen LogP contribution in [0.15, 0.2) is 6.20 Å². The number of amides is 2. The van der Waals surface area contributed by atoms with Crippen molar-refractivity contribution >= 4 is 11.8 Å². The van der Waals surface area contributed by atoms with Gasteiger partial charge in [-0.25, -0.2) is 4.68 Å². The molecular weight excluding hydrogens is 282 g/mol. The summed E-state index contributed by atoms with van der Waals surface area (Å²) in [5, 5.41) is 13.9. The van der Waals surface area contributed by atoms with Crippen molar-refractivity contribution in [2.24, 2.45) is 5.92 Å². The lowest BCUT2D eigenvalue weighted by atomic mass is 9.91. The molecule has 7 nitrogen and oxygen atoms in total. The Balaban J connectivity index is 1.87. The zero-order valence-corrected chi connectivity index (χ0v) is 13.5. The molecule has 0 aromatic carbocycles. The number of hydrogen-bond donors (Lipinski definition) is 2. The topological polar surface area (TPSA) is 88.9 Å². The molecular formula is C15H25N5O2. The van der Waals surface area contributed by atoms with Gasteiger partial charge in [-0.05, 0) is 31.6 Å². The van der Waals surface area contributed by atoms with E-state index in [9.17, 15) is 9.59 Å². The first-order valence-electron chi connectivity index (χ1n) is 7.93. The van der Waals surface area contributed by atoms with Crippen LogP contribution in [0, 0.1) is 5.92 Å². The fourth-order valence-corrected chi connectivity index (χ4v) is 2.72. The fraction of sp³-hybridized carbons (Fsp3) is 0.733. The van der Waals surface area contributed by atoms with Crippen molar-refractivity contribution in [1.29, 1.82) is 0 Å². The molecule has 1 saturated carbocycles. The maximum Gasteiger partial charge on any atom is 0.273 e. The first-order chi connectivity index (χ1) is 10.5. The van der Waals surface area contributed by atoms with E-state index >= 15 is 0 Å². The lowest BCUT2D eigenvalue weighted by molar-refractivity contribution is -0.119. The lowest BCUT2D eigenvalue weighted by Gasteiger charge is -2.28. The maximum absolute atomic E-state index is 11.9. The molecule has 1 aliphatic rings. The van der Waals surface area contributed by atoms with Crippen LogP contribution in [-0.2, 0) is 4.79 Å². The zero-order chi connectivity index (χ0) is 16.1. The zero-order valence-electron chi connectivity index (χ0n) is 13.5. The van der Waals surface area contributed by atoms with Gasteiger partial charge in [0.1, 0.15) is 0 Å². The van der Waals surface area contributed by atoms with Gasteiger partial charge in [0.2, 0.25) is 5.91 Å². The van der Waals surface area contributed by atoms with E-state index in [1.54, 1.807) is 17.8 Å². The highest BCUT2D eigenvalue weighted by Gasteiger charge is 2.24. The standard InChI is InChI=1S/C15H25N5O2/c1-10(2)8-16-15(22)14-9-20(19-18-14)13-6-4-12(5-7-13)17-11(3)21/h9-10,12-13H,4-8H2,1-3H3,(H,16,22)(H,17,21). The Bertz CT molecular complexity index is 518. The van der Waals surface area contributed by atoms with Crippen molar-refractivity contribution in [3.8, 4) is 0 Å². The molecule has 0 spiro atoms. The quantitative estimate of drug-likeness (QED) is 0.857. The molecule has 2 rings (SSSR count). The Labute approximate surface area is 130 Å². The number of nitrogens with zero attached hydrogens (tertiary/aromatic N) is 3. The summed E-state index contributed by atoms with van der Waals surface area (Å²) in [5.41, 5.74) is 0.365. The Morgan fingerprint density at radius 1 is 1.32 bits per heavy atom. The van der Waals surface area contributed by atoms with Crippen LogP contribution < -0.4 is 10.6 Å². The molecule has 0 atom stereocenters. The van der Waals surface area contributed by atoms with Gasteiger partial charge in [0.25, 0.3) is 5.91 Å². The van der Waals surface area contributed by atoms with E-state index in [4.69, 9.17) is 0 Å². The van der Waals surface area contributed by atoms with Crippen LogP contribution >= 0.6 is 0 Å². The van der Waals surface area contributed by atoms with E-state index < -0.39 is 0 Å². The lowest BCUT2D eigenvalue weighted by Crippen LogP contribution is -2.36. The van der Waals surface area contributed by atoms with Gasteiger partial charge in [-0.3, -0.25) is 9.59 Å². The Morgan fingerprint density at radius 2 is 2.00 bits per heavy atom. The van der Waals surface area contributed by atoms with Crippen LogP contribution in [0.25, 0.3) is 0 Å². The smallest absolute Gasteiger partial charge is 0.273 e. The average molecular weight is 307 g/mol. The summed E-state index contributed by atoms with van der Waals surface area (Å²) in [7, 11) is 0. The fourth-order valence-electron chi connectivity index (χ4n) is 2.72. The summed E-state index contributed by atoms with van der Waals surface area (Å²) in [6.07, 6.45) is 5.44. The van der Waals surface area contributed by atoms with Crippen molar-refractivity contribution in [2.75, 3.05) is 6.54 Å². The Hall–Kier alpha value is -1.92. The van der Waals surface area contributed by atoms with E-state index in [1.165, 1.54) is 0 Å². The highest BCUT2D eigenvalue weighted by atomic mass is 16.2. The summed E-state index contributed by atoms with van der Waals surface area (Å²) >= 11 is 0. The monoisotopic (exact) mass is 307 g/mol. The molecule has 22 heavy (non-hydrogen) atoms. The van der Waals surface area contributed by atoms with Crippen LogP contribution in [0.3, 0.4) is 0 Å². The molecule has 0 aliphatic heterocycles. The summed E-state index contributed by atoms with van der Waals surface area (Å²) < 4.78 is 1.79. The molecule has 0 radical (unpaired) electrons. The Kier molecular flexibility index (Phi) is 5.51. The first-order valence-corrected chi connectivity index (χ1v) is 7.93. The third-order valence-electron chi connectivity index (χ3n) is 3.89. The third-order valence-corrected chi connectivity index (χ3v) is 3.89. The van der Waals surface area contributed by atoms with Crippen molar-refractivity contribution < 1.29 is 9.59 Å². The number of rotatable bonds is 5. The molecule has 0 unspecified atom stereocenters. The second-order valence-corrected chi connectivity index (χ2v) is 6.39. The van der Waals surface area contributed by atoms with Crippen molar-refractivity contribution in [3.05, 3.63) is 11.9 Å². The third kappa shape index (κ3) is 4.54. The van der Waals surface area contributed by atoms with Gasteiger partial charge in [-0.1, -0.05) is 19.1 Å². The molecule has 1 aliphatic carbocycles. The minimum absolute atomic E-state index is 0.0216. The number of hydrogen-bond acceptors (Lipinski definition) is 4. The van der Waals surface area contributed by atoms with Gasteiger partial charge in [-0.15, -0.1) is 5.10 Å². The summed E-state index contributed by atoms with van der Waals surface area (Å²) in [4.78, 5) is 23.0. The van der Waals surface area contributed by atoms with Crippen molar-refractivity contribution in [2.45, 2.75) is 58.5 Å². The van der Waals surface area contributed by atoms with Crippen LogP contribution in [0.1, 0.15) is 63.0 Å². The van der Waals surface area contributed by atoms with Crippen molar-refractivity contribution in [3.63, 3.8) is 0 Å². The second kappa shape index (κ2) is 7.38. The van der Waals surface area contributed by atoms with Crippen LogP contribution in [-0.4, -0.2) is 39.4 Å². The van der Waals surface area contributed by atoms with Gasteiger partial charge in [0.15, 0.2) is 5.69 Å². The molecule has 0 saturated heterocycles. The molecule has 122 valence electrons. The average Bonchev–Trinajstić information content (AvgIpc) is 2.94. The van der Waals surface area contributed by atoms with E-state index in [0.717, 1.165) is 25.7 Å². The van der Waals surface area contributed by atoms with Crippen LogP contribution in [0.4, 0.5) is 0 Å². The Morgan fingerprint density at radius 3 is 2.59 bits per heavy atom. The summed E-state index contributed by atoms with van der Waals surface area (Å²) in [6, 6.07) is 0.509. The number of aromatic nitrogens is 3. The molecule has 2 amide bonds. The molecule has 1 aromatic rings. The molecule has 2 N–H and O–H groups in total. The van der Waals surface area contributed by atoms with E-state index in [-0.39, 0.29) is 23.9 Å². The van der Waals surface area contributed by atoms with E-state index in [0.29, 0.717) is 18.2 Å². The molecule has 7 heteroatoms. The maximum atomic E-state index is 11.9. The summed E-state index contributed by atoms with van der Waals surface area (Å²) in [5.74, 6) is 0.253. The summed E-state index contributed by atoms with van der Waals surface area (Å²) in [6.45, 7) is 6.27. The number of carbonyl (C=O) groups is 2. The molecule has 1 heterocycles. The largest absolute Gasteiger partial charge is 0.354 e. The number of nitrogens with one attached hydrogen (secondary N) is 2. The van der Waals surface area contributed by atoms with Gasteiger partial charge in [0.05, 0.1) is 12.2 Å². The highest BCUT2D eigenvalue weighted by Crippen LogP contribution is 2.27. The predicted molar refractivity (Wildman–Crippen MR) is 82.3 cm³/mol. The SMILES string of the molecule is CC(=O)NC1CCC(n2cc(C(=O)NCC(C)C)nn2)CC1. The molecule has 1 fully saturated rings. The first kappa shape index (κ1) is 16.5. The minimum atomic E-state index is -0.174. The van der Waals surface area contributed by atoms with Gasteiger partial charge in [0, 0.05) is 19.5 Å². The normalized spacial score (nSPS) is 21.6. The van der Waals surface area contributed by atoms with Crippen LogP contribution in [0.5, 0.6) is 0 Å². The van der Waals surface area contributed by atoms with Crippen LogP contribution in [0.2, 0.25) is 0 Å². The van der Waals surface area contributed by atoms with E-state index in [1.807, 2.05) is 13.8 Å². The van der Waals surface area contributed by atoms with E-state index in [2.05, 4.69) is 20.9 Å². The van der Waals surface area contributed by atoms with Gasteiger partial charge >= 0.3 is 0 Å². The van der Waals surface area contributed by atoms with Gasteiger partial charge < -0.3 is 10.6 Å². The minimum Gasteiger partial charge on any atom is -0.354 e. The molecule has 0 bridgehead atoms. The van der Waals surface area contributed by atoms with Gasteiger partial charge in [-0.2, -0.15) is 0 Å². The second-order valence-electron chi connectivity index (χ2n) is 6.39. The number of carbonyl (C=O) groups excluding carboxylic acids is 2.